The minimum Gasteiger partial charge on any atom is -0.497 e. The average molecular weight is 396 g/mol. The van der Waals surface area contributed by atoms with Gasteiger partial charge in [0.25, 0.3) is 0 Å². The first-order valence-corrected chi connectivity index (χ1v) is 8.90. The number of hydrogen-bond donors (Lipinski definition) is 2. The Hall–Kier alpha value is -3.68. The van der Waals surface area contributed by atoms with Crippen LogP contribution in [0, 0.1) is 6.92 Å². The molecule has 0 amide bonds. The van der Waals surface area contributed by atoms with Crippen LogP contribution in [0.2, 0.25) is 0 Å². The lowest BCUT2D eigenvalue weighted by Gasteiger charge is -2.14. The molecule has 0 spiro atoms. The molecule has 0 fully saturated rings. The van der Waals surface area contributed by atoms with Gasteiger partial charge in [-0.3, -0.25) is 0 Å². The predicted octanol–water partition coefficient (Wildman–Crippen LogP) is 4.31. The van der Waals surface area contributed by atoms with E-state index in [-0.39, 0.29) is 0 Å². The summed E-state index contributed by atoms with van der Waals surface area (Å²) in [5.74, 6) is 4.53. The molecule has 1 heterocycles. The van der Waals surface area contributed by atoms with Gasteiger partial charge < -0.3 is 29.6 Å². The first-order chi connectivity index (χ1) is 14.1. The van der Waals surface area contributed by atoms with E-state index in [1.807, 2.05) is 43.3 Å². The van der Waals surface area contributed by atoms with Crippen LogP contribution in [0.4, 0.5) is 23.0 Å². The van der Waals surface area contributed by atoms with E-state index in [9.17, 15) is 0 Å². The van der Waals surface area contributed by atoms with Gasteiger partial charge >= 0.3 is 0 Å². The number of nitrogens with one attached hydrogen (secondary N) is 2. The van der Waals surface area contributed by atoms with Gasteiger partial charge in [-0.05, 0) is 31.2 Å². The van der Waals surface area contributed by atoms with Gasteiger partial charge in [-0.1, -0.05) is 0 Å². The fourth-order valence-electron chi connectivity index (χ4n) is 2.80. The third-order valence-corrected chi connectivity index (χ3v) is 4.17. The Morgan fingerprint density at radius 3 is 2.00 bits per heavy atom. The summed E-state index contributed by atoms with van der Waals surface area (Å²) in [4.78, 5) is 8.91. The smallest absolute Gasteiger partial charge is 0.162 e. The molecular formula is C21H24N4O4. The zero-order valence-electron chi connectivity index (χ0n) is 17.1. The van der Waals surface area contributed by atoms with Gasteiger partial charge in [0.1, 0.15) is 29.0 Å². The van der Waals surface area contributed by atoms with Gasteiger partial charge in [0.05, 0.1) is 34.1 Å². The Morgan fingerprint density at radius 2 is 1.34 bits per heavy atom. The quantitative estimate of drug-likeness (QED) is 0.583. The predicted molar refractivity (Wildman–Crippen MR) is 112 cm³/mol. The van der Waals surface area contributed by atoms with Crippen LogP contribution in [-0.2, 0) is 0 Å². The minimum absolute atomic E-state index is 0.616. The van der Waals surface area contributed by atoms with Gasteiger partial charge in [-0.15, -0.1) is 0 Å². The van der Waals surface area contributed by atoms with Crippen molar-refractivity contribution in [1.29, 1.82) is 0 Å². The summed E-state index contributed by atoms with van der Waals surface area (Å²) in [6.07, 6.45) is 0. The van der Waals surface area contributed by atoms with Crippen LogP contribution >= 0.6 is 0 Å². The molecule has 152 valence electrons. The highest BCUT2D eigenvalue weighted by Crippen LogP contribution is 2.33. The lowest BCUT2D eigenvalue weighted by Crippen LogP contribution is -2.03. The molecule has 0 saturated carbocycles. The monoisotopic (exact) mass is 396 g/mol. The van der Waals surface area contributed by atoms with Gasteiger partial charge in [-0.25, -0.2) is 9.97 Å². The summed E-state index contributed by atoms with van der Waals surface area (Å²) < 4.78 is 21.3. The maximum Gasteiger partial charge on any atom is 0.162 e. The van der Waals surface area contributed by atoms with Crippen LogP contribution in [-0.4, -0.2) is 38.4 Å². The van der Waals surface area contributed by atoms with Crippen molar-refractivity contribution in [1.82, 2.24) is 9.97 Å². The van der Waals surface area contributed by atoms with Gasteiger partial charge in [0.2, 0.25) is 0 Å². The molecule has 29 heavy (non-hydrogen) atoms. The second kappa shape index (κ2) is 9.01. The van der Waals surface area contributed by atoms with Gasteiger partial charge in [0.15, 0.2) is 11.5 Å². The van der Waals surface area contributed by atoms with Crippen LogP contribution in [0.25, 0.3) is 0 Å². The van der Waals surface area contributed by atoms with Crippen molar-refractivity contribution in [3.8, 4) is 23.0 Å². The number of aryl methyl sites for hydroxylation is 1. The molecule has 0 radical (unpaired) electrons. The minimum atomic E-state index is 0.616. The molecule has 1 aromatic heterocycles. The highest BCUT2D eigenvalue weighted by Gasteiger charge is 2.10. The Kier molecular flexibility index (Phi) is 6.23. The Bertz CT molecular complexity index is 994. The fourth-order valence-corrected chi connectivity index (χ4v) is 2.80. The second-order valence-corrected chi connectivity index (χ2v) is 6.07. The van der Waals surface area contributed by atoms with Crippen LogP contribution in [0.3, 0.4) is 0 Å². The number of aromatic nitrogens is 2. The van der Waals surface area contributed by atoms with E-state index < -0.39 is 0 Å². The lowest BCUT2D eigenvalue weighted by molar-refractivity contribution is 0.355. The summed E-state index contributed by atoms with van der Waals surface area (Å²) in [5.41, 5.74) is 1.58. The topological polar surface area (TPSA) is 86.8 Å². The van der Waals surface area contributed by atoms with Crippen molar-refractivity contribution in [2.75, 3.05) is 39.1 Å². The summed E-state index contributed by atoms with van der Waals surface area (Å²) in [7, 11) is 6.42. The third-order valence-electron chi connectivity index (χ3n) is 4.17. The summed E-state index contributed by atoms with van der Waals surface area (Å²) >= 11 is 0. The SMILES string of the molecule is COc1ccc(Nc2cc(Nc3ccc(OC)c(OC)c3)nc(C)n2)c(OC)c1. The molecule has 0 aliphatic heterocycles. The summed E-state index contributed by atoms with van der Waals surface area (Å²) in [6, 6.07) is 12.9. The number of ether oxygens (including phenoxy) is 4. The maximum atomic E-state index is 5.44. The first-order valence-electron chi connectivity index (χ1n) is 8.90. The second-order valence-electron chi connectivity index (χ2n) is 6.07. The van der Waals surface area contributed by atoms with Crippen LogP contribution in [0.15, 0.2) is 42.5 Å². The molecule has 0 aliphatic carbocycles. The number of rotatable bonds is 8. The van der Waals surface area contributed by atoms with Crippen molar-refractivity contribution in [2.45, 2.75) is 6.92 Å². The number of nitrogens with zero attached hydrogens (tertiary/aromatic N) is 2. The van der Waals surface area contributed by atoms with E-state index in [1.165, 1.54) is 0 Å². The standard InChI is InChI=1S/C21H24N4O4/c1-13-22-20(24-14-6-9-17(27-3)19(10-14)29-5)12-21(23-13)25-16-8-7-15(26-2)11-18(16)28-4/h6-12H,1-5H3,(H2,22,23,24,25). The van der Waals surface area contributed by atoms with E-state index in [4.69, 9.17) is 18.9 Å². The van der Waals surface area contributed by atoms with Gasteiger partial charge in [0, 0.05) is 23.9 Å². The molecule has 3 aromatic rings. The van der Waals surface area contributed by atoms with Crippen molar-refractivity contribution in [3.63, 3.8) is 0 Å². The van der Waals surface area contributed by atoms with Crippen molar-refractivity contribution in [3.05, 3.63) is 48.3 Å². The molecular weight excluding hydrogens is 372 g/mol. The highest BCUT2D eigenvalue weighted by molar-refractivity contribution is 5.69. The third kappa shape index (κ3) is 4.78. The van der Waals surface area contributed by atoms with Gasteiger partial charge in [-0.2, -0.15) is 0 Å². The molecule has 8 nitrogen and oxygen atoms in total. The van der Waals surface area contributed by atoms with E-state index >= 15 is 0 Å². The van der Waals surface area contributed by atoms with Crippen LogP contribution < -0.4 is 29.6 Å². The number of benzene rings is 2. The summed E-state index contributed by atoms with van der Waals surface area (Å²) in [5, 5.41) is 6.53. The zero-order valence-corrected chi connectivity index (χ0v) is 17.1. The van der Waals surface area contributed by atoms with E-state index in [0.717, 1.165) is 11.4 Å². The molecule has 2 N–H and O–H groups in total. The molecule has 0 bridgehead atoms. The Labute approximate surface area is 169 Å². The van der Waals surface area contributed by atoms with E-state index in [1.54, 1.807) is 34.5 Å². The molecule has 3 rings (SSSR count). The lowest BCUT2D eigenvalue weighted by atomic mass is 10.2. The highest BCUT2D eigenvalue weighted by atomic mass is 16.5. The first kappa shape index (κ1) is 20.1. The van der Waals surface area contributed by atoms with Crippen molar-refractivity contribution >= 4 is 23.0 Å². The van der Waals surface area contributed by atoms with Crippen LogP contribution in [0.1, 0.15) is 5.82 Å². The molecule has 0 saturated heterocycles. The van der Waals surface area contributed by atoms with Crippen molar-refractivity contribution in [2.24, 2.45) is 0 Å². The average Bonchev–Trinajstić information content (AvgIpc) is 2.73. The molecule has 0 atom stereocenters. The Morgan fingerprint density at radius 1 is 0.655 bits per heavy atom. The zero-order chi connectivity index (χ0) is 20.8. The van der Waals surface area contributed by atoms with E-state index in [0.29, 0.717) is 40.5 Å². The Balaban J connectivity index is 1.85. The molecule has 0 aliphatic rings. The summed E-state index contributed by atoms with van der Waals surface area (Å²) in [6.45, 7) is 1.83. The number of anilines is 4. The van der Waals surface area contributed by atoms with E-state index in [2.05, 4.69) is 20.6 Å². The fraction of sp³-hybridized carbons (Fsp3) is 0.238. The van der Waals surface area contributed by atoms with Crippen LogP contribution in [0.5, 0.6) is 23.0 Å². The number of hydrogen-bond acceptors (Lipinski definition) is 8. The largest absolute Gasteiger partial charge is 0.497 e. The molecule has 2 aromatic carbocycles. The number of methoxy groups -OCH3 is 4. The van der Waals surface area contributed by atoms with Crippen molar-refractivity contribution < 1.29 is 18.9 Å². The maximum absolute atomic E-state index is 5.44. The molecule has 8 heteroatoms. The normalized spacial score (nSPS) is 10.2. The molecule has 0 unspecified atom stereocenters.